The van der Waals surface area contributed by atoms with E-state index in [-0.39, 0.29) is 12.3 Å². The monoisotopic (exact) mass is 534 g/mol. The molecule has 0 aliphatic rings. The Bertz CT molecular complexity index is 1290. The molecule has 0 aromatic heterocycles. The molecule has 0 saturated carbocycles. The summed E-state index contributed by atoms with van der Waals surface area (Å²) in [5.74, 6) is -0.162. The fourth-order valence-electron chi connectivity index (χ4n) is 3.25. The van der Waals surface area contributed by atoms with E-state index >= 15 is 0 Å². The van der Waals surface area contributed by atoms with Gasteiger partial charge in [0.2, 0.25) is 5.91 Å². The summed E-state index contributed by atoms with van der Waals surface area (Å²) in [5.41, 5.74) is 4.81. The molecule has 32 heavy (non-hydrogen) atoms. The zero-order valence-electron chi connectivity index (χ0n) is 17.0. The number of benzene rings is 4. The number of nitrogens with one attached hydrogen (secondary N) is 1. The largest absolute Gasteiger partial charge is 0.423 e. The Balaban J connectivity index is 1.33. The molecular weight excluding hydrogens is 515 g/mol. The summed E-state index contributed by atoms with van der Waals surface area (Å²) in [7, 11) is 0. The summed E-state index contributed by atoms with van der Waals surface area (Å²) < 4.78 is 6.25. The van der Waals surface area contributed by atoms with Crippen LogP contribution in [0, 0.1) is 3.57 Å². The van der Waals surface area contributed by atoms with Gasteiger partial charge in [0.05, 0.1) is 18.2 Å². The van der Waals surface area contributed by atoms with Crippen LogP contribution in [-0.4, -0.2) is 18.1 Å². The first-order chi connectivity index (χ1) is 15.6. The maximum absolute atomic E-state index is 12.3. The van der Waals surface area contributed by atoms with Crippen LogP contribution in [0.1, 0.15) is 21.5 Å². The quantitative estimate of drug-likeness (QED) is 0.119. The number of carbonyl (C=O) groups excluding carboxylic acids is 2. The van der Waals surface area contributed by atoms with Crippen molar-refractivity contribution in [2.45, 2.75) is 6.42 Å². The molecule has 0 spiro atoms. The zero-order valence-corrected chi connectivity index (χ0v) is 19.2. The molecule has 0 unspecified atom stereocenters. The number of carbonyl (C=O) groups is 2. The number of hydrazone groups is 1. The fraction of sp³-hybridized carbons (Fsp3) is 0.0385. The highest BCUT2D eigenvalue weighted by atomic mass is 127. The van der Waals surface area contributed by atoms with Crippen LogP contribution in [0.4, 0.5) is 0 Å². The normalized spacial score (nSPS) is 10.9. The van der Waals surface area contributed by atoms with Crippen LogP contribution in [0.3, 0.4) is 0 Å². The first-order valence-corrected chi connectivity index (χ1v) is 11.0. The van der Waals surface area contributed by atoms with Gasteiger partial charge in [-0.2, -0.15) is 5.10 Å². The summed E-state index contributed by atoms with van der Waals surface area (Å²) in [6.07, 6.45) is 1.79. The zero-order chi connectivity index (χ0) is 22.3. The van der Waals surface area contributed by atoms with Crippen molar-refractivity contribution in [2.75, 3.05) is 0 Å². The number of nitrogens with zero attached hydrogens (tertiary/aromatic N) is 1. The van der Waals surface area contributed by atoms with E-state index in [4.69, 9.17) is 4.74 Å². The van der Waals surface area contributed by atoms with Gasteiger partial charge in [-0.15, -0.1) is 0 Å². The molecule has 5 nitrogen and oxygen atoms in total. The third-order valence-electron chi connectivity index (χ3n) is 4.82. The minimum Gasteiger partial charge on any atom is -0.423 e. The Kier molecular flexibility index (Phi) is 6.91. The lowest BCUT2D eigenvalue weighted by Gasteiger charge is -2.06. The van der Waals surface area contributed by atoms with E-state index in [0.717, 1.165) is 25.5 Å². The van der Waals surface area contributed by atoms with Crippen molar-refractivity contribution < 1.29 is 14.3 Å². The highest BCUT2D eigenvalue weighted by molar-refractivity contribution is 14.1. The van der Waals surface area contributed by atoms with Crippen LogP contribution in [-0.2, 0) is 11.2 Å². The first kappa shape index (κ1) is 21.7. The van der Waals surface area contributed by atoms with Crippen LogP contribution >= 0.6 is 22.6 Å². The molecule has 0 radical (unpaired) electrons. The van der Waals surface area contributed by atoms with E-state index in [1.807, 2.05) is 54.6 Å². The van der Waals surface area contributed by atoms with Crippen molar-refractivity contribution in [3.8, 4) is 5.75 Å². The predicted molar refractivity (Wildman–Crippen MR) is 134 cm³/mol. The SMILES string of the molecule is O=C(Cc1cccc2ccccc12)N/N=C\c1ccc(OC(=O)c2ccccc2I)cc1. The van der Waals surface area contributed by atoms with Crippen molar-refractivity contribution in [1.29, 1.82) is 0 Å². The third-order valence-corrected chi connectivity index (χ3v) is 5.76. The summed E-state index contributed by atoms with van der Waals surface area (Å²) in [6.45, 7) is 0. The molecule has 0 heterocycles. The van der Waals surface area contributed by atoms with Gasteiger partial charge in [0.15, 0.2) is 0 Å². The van der Waals surface area contributed by atoms with E-state index in [9.17, 15) is 9.59 Å². The number of halogens is 1. The average Bonchev–Trinajstić information content (AvgIpc) is 2.81. The van der Waals surface area contributed by atoms with Crippen molar-refractivity contribution >= 4 is 51.5 Å². The number of ether oxygens (including phenoxy) is 1. The van der Waals surface area contributed by atoms with Gasteiger partial charge in [0, 0.05) is 3.57 Å². The summed E-state index contributed by atoms with van der Waals surface area (Å²) >= 11 is 2.10. The molecule has 4 aromatic rings. The Morgan fingerprint density at radius 2 is 1.59 bits per heavy atom. The van der Waals surface area contributed by atoms with Gasteiger partial charge in [-0.05, 0) is 80.9 Å². The van der Waals surface area contributed by atoms with Crippen LogP contribution in [0.2, 0.25) is 0 Å². The van der Waals surface area contributed by atoms with Crippen molar-refractivity contribution in [2.24, 2.45) is 5.10 Å². The van der Waals surface area contributed by atoms with Gasteiger partial charge >= 0.3 is 5.97 Å². The highest BCUT2D eigenvalue weighted by Crippen LogP contribution is 2.19. The first-order valence-electron chi connectivity index (χ1n) is 9.95. The van der Waals surface area contributed by atoms with E-state index < -0.39 is 5.97 Å². The molecule has 0 bridgehead atoms. The smallest absolute Gasteiger partial charge is 0.344 e. The lowest BCUT2D eigenvalue weighted by molar-refractivity contribution is -0.120. The second-order valence-corrected chi connectivity index (χ2v) is 8.21. The average molecular weight is 534 g/mol. The molecule has 1 N–H and O–H groups in total. The van der Waals surface area contributed by atoms with E-state index in [1.165, 1.54) is 0 Å². The van der Waals surface area contributed by atoms with Gasteiger partial charge in [-0.3, -0.25) is 4.79 Å². The summed E-state index contributed by atoms with van der Waals surface area (Å²) in [4.78, 5) is 24.6. The molecule has 0 aliphatic carbocycles. The lowest BCUT2D eigenvalue weighted by Crippen LogP contribution is -2.19. The molecule has 0 fully saturated rings. The molecule has 4 aromatic carbocycles. The topological polar surface area (TPSA) is 67.8 Å². The van der Waals surface area contributed by atoms with Crippen molar-refractivity contribution in [3.05, 3.63) is 111 Å². The molecule has 0 saturated heterocycles. The number of esters is 1. The maximum atomic E-state index is 12.3. The Labute approximate surface area is 199 Å². The molecule has 6 heteroatoms. The van der Waals surface area contributed by atoms with E-state index in [0.29, 0.717) is 11.3 Å². The van der Waals surface area contributed by atoms with Gasteiger partial charge in [-0.1, -0.05) is 54.6 Å². The predicted octanol–water partition coefficient (Wildman–Crippen LogP) is 5.36. The van der Waals surface area contributed by atoms with Gasteiger partial charge in [0.1, 0.15) is 5.75 Å². The highest BCUT2D eigenvalue weighted by Gasteiger charge is 2.11. The Morgan fingerprint density at radius 3 is 2.41 bits per heavy atom. The third kappa shape index (κ3) is 5.39. The summed E-state index contributed by atoms with van der Waals surface area (Å²) in [6, 6.07) is 28.0. The van der Waals surface area contributed by atoms with Gasteiger partial charge < -0.3 is 4.74 Å². The second kappa shape index (κ2) is 10.2. The van der Waals surface area contributed by atoms with Crippen LogP contribution in [0.15, 0.2) is 96.1 Å². The number of hydrogen-bond donors (Lipinski definition) is 1. The van der Waals surface area contributed by atoms with E-state index in [1.54, 1.807) is 42.6 Å². The van der Waals surface area contributed by atoms with Gasteiger partial charge in [0.25, 0.3) is 0 Å². The van der Waals surface area contributed by atoms with Crippen molar-refractivity contribution in [3.63, 3.8) is 0 Å². The molecule has 0 aliphatic heterocycles. The minimum atomic E-state index is -0.405. The Hall–Kier alpha value is -3.52. The summed E-state index contributed by atoms with van der Waals surface area (Å²) in [5, 5.41) is 6.19. The lowest BCUT2D eigenvalue weighted by atomic mass is 10.0. The molecule has 1 amide bonds. The van der Waals surface area contributed by atoms with Crippen LogP contribution in [0.5, 0.6) is 5.75 Å². The number of hydrogen-bond acceptors (Lipinski definition) is 4. The molecule has 158 valence electrons. The number of fused-ring (bicyclic) bond motifs is 1. The fourth-order valence-corrected chi connectivity index (χ4v) is 3.86. The number of rotatable bonds is 6. The van der Waals surface area contributed by atoms with Gasteiger partial charge in [-0.25, -0.2) is 10.2 Å². The standard InChI is InChI=1S/C26H19IN2O3/c27-24-11-4-3-10-23(24)26(31)32-21-14-12-18(13-15-21)17-28-29-25(30)16-20-8-5-7-19-6-1-2-9-22(19)20/h1-15,17H,16H2,(H,29,30)/b28-17-. The second-order valence-electron chi connectivity index (χ2n) is 7.05. The minimum absolute atomic E-state index is 0.194. The van der Waals surface area contributed by atoms with Crippen molar-refractivity contribution in [1.82, 2.24) is 5.43 Å². The number of amides is 1. The van der Waals surface area contributed by atoms with Crippen LogP contribution in [0.25, 0.3) is 10.8 Å². The molecule has 0 atom stereocenters. The van der Waals surface area contributed by atoms with E-state index in [2.05, 4.69) is 33.1 Å². The molecule has 4 rings (SSSR count). The Morgan fingerprint density at radius 1 is 0.875 bits per heavy atom. The molecular formula is C26H19IN2O3. The maximum Gasteiger partial charge on any atom is 0.344 e. The van der Waals surface area contributed by atoms with Crippen LogP contribution < -0.4 is 10.2 Å².